The van der Waals surface area contributed by atoms with Gasteiger partial charge in [-0.2, -0.15) is 13.9 Å². The summed E-state index contributed by atoms with van der Waals surface area (Å²) in [5.41, 5.74) is 0.0840. The molecule has 31 heavy (non-hydrogen) atoms. The van der Waals surface area contributed by atoms with Gasteiger partial charge in [0.25, 0.3) is 5.91 Å². The Labute approximate surface area is 181 Å². The highest BCUT2D eigenvalue weighted by Gasteiger charge is 2.50. The van der Waals surface area contributed by atoms with Gasteiger partial charge in [-0.1, -0.05) is 32.1 Å². The van der Waals surface area contributed by atoms with Gasteiger partial charge in [-0.15, -0.1) is 0 Å². The Morgan fingerprint density at radius 1 is 1.10 bits per heavy atom. The molecule has 4 atom stereocenters. The maximum atomic E-state index is 13.1. The average Bonchev–Trinajstić information content (AvgIpc) is 3.27. The largest absolute Gasteiger partial charge is 0.337 e. The molecule has 0 unspecified atom stereocenters. The van der Waals surface area contributed by atoms with Crippen molar-refractivity contribution in [3.05, 3.63) is 18.0 Å². The lowest BCUT2D eigenvalue weighted by Crippen LogP contribution is -2.65. The molecule has 8 heteroatoms. The summed E-state index contributed by atoms with van der Waals surface area (Å²) in [6.07, 6.45) is 12.2. The summed E-state index contributed by atoms with van der Waals surface area (Å²) in [5.74, 6) is 1.23. The SMILES string of the molecule is O=C(c1ccn(C(F)F)n1)N1C[C@H]2C[C@@H](C1)[C@H](CC1CCCCC1)N1C(=O)CCC[C@@H]21. The molecule has 1 aromatic rings. The van der Waals surface area contributed by atoms with Gasteiger partial charge in [-0.3, -0.25) is 9.59 Å². The summed E-state index contributed by atoms with van der Waals surface area (Å²) in [7, 11) is 0. The first kappa shape index (κ1) is 20.9. The van der Waals surface area contributed by atoms with Crippen molar-refractivity contribution >= 4 is 11.8 Å². The monoisotopic (exact) mass is 434 g/mol. The maximum absolute atomic E-state index is 13.1. The minimum Gasteiger partial charge on any atom is -0.337 e. The zero-order chi connectivity index (χ0) is 21.5. The van der Waals surface area contributed by atoms with Crippen LogP contribution in [0.2, 0.25) is 0 Å². The van der Waals surface area contributed by atoms with Crippen LogP contribution in [0.3, 0.4) is 0 Å². The van der Waals surface area contributed by atoms with Crippen LogP contribution < -0.4 is 0 Å². The molecule has 4 heterocycles. The van der Waals surface area contributed by atoms with Crippen LogP contribution in [-0.4, -0.2) is 56.6 Å². The van der Waals surface area contributed by atoms with E-state index in [4.69, 9.17) is 0 Å². The van der Waals surface area contributed by atoms with Crippen LogP contribution in [0.4, 0.5) is 8.78 Å². The number of hydrogen-bond donors (Lipinski definition) is 0. The lowest BCUT2D eigenvalue weighted by Gasteiger charge is -2.57. The van der Waals surface area contributed by atoms with E-state index in [1.165, 1.54) is 38.2 Å². The Morgan fingerprint density at radius 3 is 2.61 bits per heavy atom. The zero-order valence-electron chi connectivity index (χ0n) is 18.0. The highest BCUT2D eigenvalue weighted by atomic mass is 19.3. The van der Waals surface area contributed by atoms with Crippen LogP contribution in [0.25, 0.3) is 0 Å². The third kappa shape index (κ3) is 3.98. The molecule has 3 aliphatic heterocycles. The Kier molecular flexibility index (Phi) is 5.73. The first-order chi connectivity index (χ1) is 15.0. The number of hydrogen-bond acceptors (Lipinski definition) is 3. The summed E-state index contributed by atoms with van der Waals surface area (Å²) in [6, 6.07) is 1.79. The van der Waals surface area contributed by atoms with E-state index in [-0.39, 0.29) is 35.5 Å². The van der Waals surface area contributed by atoms with Crippen molar-refractivity contribution in [1.29, 1.82) is 0 Å². The first-order valence-electron chi connectivity index (χ1n) is 11.9. The molecule has 2 amide bonds. The average molecular weight is 435 g/mol. The molecule has 2 bridgehead atoms. The van der Waals surface area contributed by atoms with Crippen molar-refractivity contribution in [2.75, 3.05) is 13.1 Å². The predicted octanol–water partition coefficient (Wildman–Crippen LogP) is 4.09. The second-order valence-electron chi connectivity index (χ2n) is 9.99. The minimum atomic E-state index is -2.75. The number of piperidine rings is 3. The number of fused-ring (bicyclic) bond motifs is 4. The number of rotatable bonds is 4. The summed E-state index contributed by atoms with van der Waals surface area (Å²) in [6.45, 7) is -1.57. The van der Waals surface area contributed by atoms with Gasteiger partial charge in [0.2, 0.25) is 5.91 Å². The summed E-state index contributed by atoms with van der Waals surface area (Å²) in [5, 5.41) is 3.80. The van der Waals surface area contributed by atoms with Gasteiger partial charge >= 0.3 is 6.55 Å². The summed E-state index contributed by atoms with van der Waals surface area (Å²) in [4.78, 5) is 30.1. The highest BCUT2D eigenvalue weighted by Crippen LogP contribution is 2.44. The molecule has 170 valence electrons. The Bertz CT molecular complexity index is 822. The van der Waals surface area contributed by atoms with Crippen LogP contribution in [0.1, 0.15) is 81.2 Å². The number of alkyl halides is 2. The molecule has 0 spiro atoms. The fourth-order valence-corrected chi connectivity index (χ4v) is 6.73. The fraction of sp³-hybridized carbons (Fsp3) is 0.783. The number of carbonyl (C=O) groups is 2. The molecule has 1 saturated carbocycles. The normalized spacial score (nSPS) is 31.8. The molecular weight excluding hydrogens is 402 g/mol. The van der Waals surface area contributed by atoms with Crippen molar-refractivity contribution in [2.24, 2.45) is 17.8 Å². The Hall–Kier alpha value is -1.99. The second kappa shape index (κ2) is 8.51. The Balaban J connectivity index is 1.37. The van der Waals surface area contributed by atoms with Gasteiger partial charge in [-0.25, -0.2) is 4.68 Å². The number of aromatic nitrogens is 2. The van der Waals surface area contributed by atoms with Crippen molar-refractivity contribution in [2.45, 2.75) is 82.8 Å². The third-order valence-corrected chi connectivity index (χ3v) is 8.11. The first-order valence-corrected chi connectivity index (χ1v) is 11.9. The van der Waals surface area contributed by atoms with Crippen LogP contribution in [0, 0.1) is 17.8 Å². The minimum absolute atomic E-state index is 0.0840. The molecule has 1 aromatic heterocycles. The van der Waals surface area contributed by atoms with E-state index in [2.05, 4.69) is 10.00 Å². The summed E-state index contributed by atoms with van der Waals surface area (Å²) < 4.78 is 26.3. The topological polar surface area (TPSA) is 58.4 Å². The quantitative estimate of drug-likeness (QED) is 0.717. The Morgan fingerprint density at radius 2 is 1.87 bits per heavy atom. The van der Waals surface area contributed by atoms with Crippen molar-refractivity contribution in [3.63, 3.8) is 0 Å². The molecular formula is C23H32F2N4O2. The maximum Gasteiger partial charge on any atom is 0.333 e. The van der Waals surface area contributed by atoms with Gasteiger partial charge in [0, 0.05) is 37.8 Å². The second-order valence-corrected chi connectivity index (χ2v) is 9.99. The molecule has 0 radical (unpaired) electrons. The lowest BCUT2D eigenvalue weighted by molar-refractivity contribution is -0.153. The van der Waals surface area contributed by atoms with Gasteiger partial charge in [0.1, 0.15) is 0 Å². The van der Waals surface area contributed by atoms with Crippen molar-refractivity contribution in [3.8, 4) is 0 Å². The van der Waals surface area contributed by atoms with Crippen molar-refractivity contribution < 1.29 is 18.4 Å². The number of likely N-dealkylation sites (tertiary alicyclic amines) is 1. The third-order valence-electron chi connectivity index (χ3n) is 8.11. The van der Waals surface area contributed by atoms with E-state index in [9.17, 15) is 18.4 Å². The number of amides is 2. The van der Waals surface area contributed by atoms with Gasteiger partial charge in [0.15, 0.2) is 5.69 Å². The molecule has 0 aromatic carbocycles. The van der Waals surface area contributed by atoms with E-state index in [0.29, 0.717) is 36.0 Å². The fourth-order valence-electron chi connectivity index (χ4n) is 6.73. The molecule has 4 aliphatic rings. The smallest absolute Gasteiger partial charge is 0.333 e. The van der Waals surface area contributed by atoms with Gasteiger partial charge in [-0.05, 0) is 49.5 Å². The van der Waals surface area contributed by atoms with E-state index in [0.717, 1.165) is 31.9 Å². The molecule has 0 N–H and O–H groups in total. The molecule has 1 aliphatic carbocycles. The van der Waals surface area contributed by atoms with Crippen LogP contribution in [0.5, 0.6) is 0 Å². The highest BCUT2D eigenvalue weighted by molar-refractivity contribution is 5.92. The number of nitrogens with zero attached hydrogens (tertiary/aromatic N) is 4. The van der Waals surface area contributed by atoms with Crippen molar-refractivity contribution in [1.82, 2.24) is 19.6 Å². The molecule has 5 rings (SSSR count). The standard InChI is InChI=1S/C23H32F2N4O2/c24-23(25)28-10-9-18(26-28)22(31)27-13-16-12-17(14-27)20(11-15-5-2-1-3-6-15)29-19(16)7-4-8-21(29)30/h9-10,15-17,19-20,23H,1-8,11-14H2/t16-,17+,19+,20+/m1/s1. The van der Waals surface area contributed by atoms with Crippen LogP contribution in [0.15, 0.2) is 12.3 Å². The molecule has 4 fully saturated rings. The van der Waals surface area contributed by atoms with E-state index in [1.54, 1.807) is 0 Å². The van der Waals surface area contributed by atoms with Crippen LogP contribution >= 0.6 is 0 Å². The molecule has 6 nitrogen and oxygen atoms in total. The predicted molar refractivity (Wildman–Crippen MR) is 110 cm³/mol. The summed E-state index contributed by atoms with van der Waals surface area (Å²) >= 11 is 0. The number of carbonyl (C=O) groups excluding carboxylic acids is 2. The number of halogens is 2. The lowest BCUT2D eigenvalue weighted by atomic mass is 9.69. The van der Waals surface area contributed by atoms with Gasteiger partial charge in [0.05, 0.1) is 0 Å². The van der Waals surface area contributed by atoms with Gasteiger partial charge < -0.3 is 9.80 Å². The van der Waals surface area contributed by atoms with E-state index >= 15 is 0 Å². The molecule has 3 saturated heterocycles. The van der Waals surface area contributed by atoms with E-state index < -0.39 is 6.55 Å². The van der Waals surface area contributed by atoms with E-state index in [1.807, 2.05) is 4.90 Å². The zero-order valence-corrected chi connectivity index (χ0v) is 18.0. The van der Waals surface area contributed by atoms with Crippen LogP contribution in [-0.2, 0) is 4.79 Å².